The van der Waals surface area contributed by atoms with Crippen LogP contribution in [0.25, 0.3) is 0 Å². The third-order valence-electron chi connectivity index (χ3n) is 2.33. The van der Waals surface area contributed by atoms with Crippen molar-refractivity contribution in [3.63, 3.8) is 0 Å². The van der Waals surface area contributed by atoms with Gasteiger partial charge in [-0.1, -0.05) is 0 Å². The van der Waals surface area contributed by atoms with Crippen LogP contribution in [0, 0.1) is 0 Å². The smallest absolute Gasteiger partial charge is 0.239 e. The Kier molecular flexibility index (Phi) is 2.15. The van der Waals surface area contributed by atoms with Crippen LogP contribution in [0.5, 0.6) is 0 Å². The van der Waals surface area contributed by atoms with E-state index < -0.39 is 0 Å². The second kappa shape index (κ2) is 3.20. The molecule has 0 saturated carbocycles. The minimum absolute atomic E-state index is 0.00359. The predicted octanol–water partition coefficient (Wildman–Crippen LogP) is 1.73. The fourth-order valence-corrected chi connectivity index (χ4v) is 2.63. The second-order valence-corrected chi connectivity index (χ2v) is 4.77. The Morgan fingerprint density at radius 1 is 1.50 bits per heavy atom. The highest BCUT2D eigenvalue weighted by atomic mass is 32.2. The van der Waals surface area contributed by atoms with Gasteiger partial charge in [0.1, 0.15) is 0 Å². The average Bonchev–Trinajstić information content (AvgIpc) is 2.16. The van der Waals surface area contributed by atoms with Gasteiger partial charge in [0.05, 0.1) is 10.9 Å². The van der Waals surface area contributed by atoms with Crippen molar-refractivity contribution in [2.75, 3.05) is 17.7 Å². The van der Waals surface area contributed by atoms with E-state index in [9.17, 15) is 4.79 Å². The van der Waals surface area contributed by atoms with Crippen molar-refractivity contribution in [3.8, 4) is 0 Å². The van der Waals surface area contributed by atoms with Crippen LogP contribution >= 0.6 is 11.8 Å². The van der Waals surface area contributed by atoms with Crippen LogP contribution < -0.4 is 10.6 Å². The summed E-state index contributed by atoms with van der Waals surface area (Å²) < 4.78 is 0. The summed E-state index contributed by atoms with van der Waals surface area (Å²) in [6.07, 6.45) is 0. The summed E-state index contributed by atoms with van der Waals surface area (Å²) >= 11 is 1.59. The molecule has 3 nitrogen and oxygen atoms in total. The minimum Gasteiger partial charge on any atom is -0.399 e. The van der Waals surface area contributed by atoms with Gasteiger partial charge in [0.2, 0.25) is 5.91 Å². The summed E-state index contributed by atoms with van der Waals surface area (Å²) in [5, 5.41) is -0.00359. The molecule has 1 aromatic rings. The molecular weight excluding hydrogens is 196 g/mol. The Balaban J connectivity index is 2.51. The number of benzene rings is 1. The Bertz CT molecular complexity index is 392. The minimum atomic E-state index is -0.00359. The maximum Gasteiger partial charge on any atom is 0.239 e. The highest BCUT2D eigenvalue weighted by Crippen LogP contribution is 2.39. The number of fused-ring (bicyclic) bond motifs is 1. The quantitative estimate of drug-likeness (QED) is 0.660. The molecule has 4 heteroatoms. The monoisotopic (exact) mass is 208 g/mol. The number of nitrogens with zero attached hydrogens (tertiary/aromatic N) is 1. The van der Waals surface area contributed by atoms with Crippen LogP contribution in [0.4, 0.5) is 11.4 Å². The van der Waals surface area contributed by atoms with Gasteiger partial charge in [0, 0.05) is 17.6 Å². The normalized spacial score (nSPS) is 20.9. The molecule has 0 fully saturated rings. The van der Waals surface area contributed by atoms with Crippen molar-refractivity contribution in [1.29, 1.82) is 0 Å². The van der Waals surface area contributed by atoms with Gasteiger partial charge in [-0.05, 0) is 25.1 Å². The van der Waals surface area contributed by atoms with Crippen molar-refractivity contribution in [2.45, 2.75) is 17.1 Å². The first-order valence-electron chi connectivity index (χ1n) is 4.43. The predicted molar refractivity (Wildman–Crippen MR) is 59.6 cm³/mol. The van der Waals surface area contributed by atoms with E-state index in [1.54, 1.807) is 23.7 Å². The summed E-state index contributed by atoms with van der Waals surface area (Å²) in [6, 6.07) is 5.67. The third-order valence-corrected chi connectivity index (χ3v) is 3.48. The number of thioether (sulfide) groups is 1. The fraction of sp³-hybridized carbons (Fsp3) is 0.300. The van der Waals surface area contributed by atoms with Gasteiger partial charge in [-0.15, -0.1) is 11.8 Å². The Morgan fingerprint density at radius 3 is 2.93 bits per heavy atom. The van der Waals surface area contributed by atoms with Crippen molar-refractivity contribution in [2.24, 2.45) is 0 Å². The molecule has 0 saturated heterocycles. The first kappa shape index (κ1) is 9.40. The summed E-state index contributed by atoms with van der Waals surface area (Å²) in [5.74, 6) is 0.133. The number of carbonyl (C=O) groups is 1. The number of carbonyl (C=O) groups excluding carboxylic acids is 1. The number of nitrogen functional groups attached to an aromatic ring is 1. The lowest BCUT2D eigenvalue weighted by Crippen LogP contribution is -2.36. The zero-order valence-corrected chi connectivity index (χ0v) is 8.97. The zero-order chi connectivity index (χ0) is 10.3. The summed E-state index contributed by atoms with van der Waals surface area (Å²) in [7, 11) is 1.79. The van der Waals surface area contributed by atoms with Crippen LogP contribution in [0.15, 0.2) is 23.1 Å². The Morgan fingerprint density at radius 2 is 2.21 bits per heavy atom. The molecule has 1 heterocycles. The van der Waals surface area contributed by atoms with Crippen LogP contribution in [0.3, 0.4) is 0 Å². The van der Waals surface area contributed by atoms with Crippen molar-refractivity contribution in [1.82, 2.24) is 0 Å². The highest BCUT2D eigenvalue weighted by Gasteiger charge is 2.27. The van der Waals surface area contributed by atoms with E-state index in [4.69, 9.17) is 5.73 Å². The molecule has 1 aliphatic heterocycles. The van der Waals surface area contributed by atoms with Crippen LogP contribution in [0.2, 0.25) is 0 Å². The first-order chi connectivity index (χ1) is 6.59. The van der Waals surface area contributed by atoms with Gasteiger partial charge in [-0.2, -0.15) is 0 Å². The Hall–Kier alpha value is -1.16. The summed E-state index contributed by atoms with van der Waals surface area (Å²) in [6.45, 7) is 1.92. The lowest BCUT2D eigenvalue weighted by Gasteiger charge is -2.29. The molecule has 2 N–H and O–H groups in total. The van der Waals surface area contributed by atoms with Crippen LogP contribution in [-0.4, -0.2) is 18.2 Å². The number of amides is 1. The molecule has 0 spiro atoms. The number of hydrogen-bond donors (Lipinski definition) is 1. The molecule has 1 atom stereocenters. The molecule has 74 valence electrons. The van der Waals surface area contributed by atoms with Crippen molar-refractivity contribution >= 4 is 29.0 Å². The Labute approximate surface area is 87.3 Å². The van der Waals surface area contributed by atoms with E-state index in [0.29, 0.717) is 5.69 Å². The average molecular weight is 208 g/mol. The molecule has 1 aliphatic rings. The van der Waals surface area contributed by atoms with E-state index in [2.05, 4.69) is 0 Å². The molecule has 0 bridgehead atoms. The number of rotatable bonds is 0. The molecule has 0 aromatic heterocycles. The largest absolute Gasteiger partial charge is 0.399 e. The summed E-state index contributed by atoms with van der Waals surface area (Å²) in [5.41, 5.74) is 7.28. The van der Waals surface area contributed by atoms with Crippen molar-refractivity contribution in [3.05, 3.63) is 18.2 Å². The third kappa shape index (κ3) is 1.35. The van der Waals surface area contributed by atoms with E-state index in [-0.39, 0.29) is 11.2 Å². The summed E-state index contributed by atoms with van der Waals surface area (Å²) in [4.78, 5) is 14.5. The van der Waals surface area contributed by atoms with Gasteiger partial charge in [0.25, 0.3) is 0 Å². The molecule has 0 aliphatic carbocycles. The first-order valence-corrected chi connectivity index (χ1v) is 5.31. The second-order valence-electron chi connectivity index (χ2n) is 3.38. The molecular formula is C10H12N2OS. The van der Waals surface area contributed by atoms with Gasteiger partial charge in [-0.3, -0.25) is 4.79 Å². The molecule has 1 amide bonds. The van der Waals surface area contributed by atoms with E-state index in [0.717, 1.165) is 10.6 Å². The van der Waals surface area contributed by atoms with Gasteiger partial charge < -0.3 is 10.6 Å². The highest BCUT2D eigenvalue weighted by molar-refractivity contribution is 8.00. The topological polar surface area (TPSA) is 46.3 Å². The maximum absolute atomic E-state index is 11.7. The molecule has 0 radical (unpaired) electrons. The maximum atomic E-state index is 11.7. The lowest BCUT2D eigenvalue weighted by atomic mass is 10.2. The molecule has 14 heavy (non-hydrogen) atoms. The van der Waals surface area contributed by atoms with E-state index in [1.807, 2.05) is 25.1 Å². The zero-order valence-electron chi connectivity index (χ0n) is 8.15. The number of nitrogens with two attached hydrogens (primary N) is 1. The SMILES string of the molecule is CC1Sc2ccc(N)cc2N(C)C1=O. The van der Waals surface area contributed by atoms with E-state index >= 15 is 0 Å². The molecule has 1 aromatic carbocycles. The van der Waals surface area contributed by atoms with Gasteiger partial charge in [0.15, 0.2) is 0 Å². The number of anilines is 2. The lowest BCUT2D eigenvalue weighted by molar-refractivity contribution is -0.117. The molecule has 1 unspecified atom stereocenters. The standard InChI is InChI=1S/C10H12N2OS/c1-6-10(13)12(2)8-5-7(11)3-4-9(8)14-6/h3-6H,11H2,1-2H3. The van der Waals surface area contributed by atoms with Gasteiger partial charge >= 0.3 is 0 Å². The van der Waals surface area contributed by atoms with E-state index in [1.165, 1.54) is 0 Å². The molecule has 2 rings (SSSR count). The number of hydrogen-bond acceptors (Lipinski definition) is 3. The van der Waals surface area contributed by atoms with Gasteiger partial charge in [-0.25, -0.2) is 0 Å². The fourth-order valence-electron chi connectivity index (χ4n) is 1.53. The van der Waals surface area contributed by atoms with Crippen LogP contribution in [-0.2, 0) is 4.79 Å². The van der Waals surface area contributed by atoms with Crippen molar-refractivity contribution < 1.29 is 4.79 Å². The van der Waals surface area contributed by atoms with Crippen LogP contribution in [0.1, 0.15) is 6.92 Å².